The first-order valence-electron chi connectivity index (χ1n) is 8.91. The minimum absolute atomic E-state index is 0.192. The number of halogens is 1. The summed E-state index contributed by atoms with van der Waals surface area (Å²) in [6.45, 7) is 1.05. The molecule has 8 nitrogen and oxygen atoms in total. The third-order valence-electron chi connectivity index (χ3n) is 5.21. The average Bonchev–Trinajstić information content (AvgIpc) is 3.36. The summed E-state index contributed by atoms with van der Waals surface area (Å²) < 4.78 is 18.8. The SMILES string of the molecule is COc1c2c(cc3c1[C@H](c1nnnn1-c1ccc(Cl)cc1)N(C)CC3)OCO2. The molecule has 0 unspecified atom stereocenters. The lowest BCUT2D eigenvalue weighted by molar-refractivity contribution is 0.170. The predicted octanol–water partition coefficient (Wildman–Crippen LogP) is 2.63. The van der Waals surface area contributed by atoms with Gasteiger partial charge in [-0.1, -0.05) is 11.6 Å². The van der Waals surface area contributed by atoms with Crippen LogP contribution in [-0.2, 0) is 6.42 Å². The van der Waals surface area contributed by atoms with Crippen molar-refractivity contribution >= 4 is 11.6 Å². The van der Waals surface area contributed by atoms with Crippen molar-refractivity contribution in [1.29, 1.82) is 0 Å². The molecule has 28 heavy (non-hydrogen) atoms. The lowest BCUT2D eigenvalue weighted by atomic mass is 9.90. The predicted molar refractivity (Wildman–Crippen MR) is 101 cm³/mol. The Balaban J connectivity index is 1.69. The molecule has 2 aliphatic heterocycles. The molecule has 2 aromatic carbocycles. The molecule has 3 aromatic rings. The molecule has 0 aliphatic carbocycles. The van der Waals surface area contributed by atoms with Gasteiger partial charge in [-0.2, -0.15) is 4.68 Å². The van der Waals surface area contributed by atoms with Gasteiger partial charge in [-0.25, -0.2) is 0 Å². The first-order chi connectivity index (χ1) is 13.7. The maximum atomic E-state index is 6.03. The Kier molecular flexibility index (Phi) is 4.10. The largest absolute Gasteiger partial charge is 0.492 e. The van der Waals surface area contributed by atoms with E-state index in [-0.39, 0.29) is 12.8 Å². The summed E-state index contributed by atoms with van der Waals surface area (Å²) in [5.74, 6) is 2.72. The molecule has 1 aromatic heterocycles. The number of benzene rings is 2. The molecule has 3 heterocycles. The van der Waals surface area contributed by atoms with Crippen LogP contribution >= 0.6 is 11.6 Å². The number of methoxy groups -OCH3 is 1. The molecule has 0 N–H and O–H groups in total. The van der Waals surface area contributed by atoms with Crippen LogP contribution in [0.3, 0.4) is 0 Å². The Bertz CT molecular complexity index is 1040. The van der Waals surface area contributed by atoms with E-state index < -0.39 is 0 Å². The van der Waals surface area contributed by atoms with Crippen molar-refractivity contribution in [2.75, 3.05) is 27.5 Å². The van der Waals surface area contributed by atoms with E-state index in [1.807, 2.05) is 30.3 Å². The van der Waals surface area contributed by atoms with Crippen LogP contribution in [0.25, 0.3) is 5.69 Å². The van der Waals surface area contributed by atoms with Gasteiger partial charge < -0.3 is 14.2 Å². The van der Waals surface area contributed by atoms with Crippen LogP contribution in [0.4, 0.5) is 0 Å². The zero-order valence-corrected chi connectivity index (χ0v) is 16.2. The van der Waals surface area contributed by atoms with Gasteiger partial charge >= 0.3 is 0 Å². The number of hydrogen-bond acceptors (Lipinski definition) is 7. The summed E-state index contributed by atoms with van der Waals surface area (Å²) in [6, 6.07) is 9.26. The van der Waals surface area contributed by atoms with Gasteiger partial charge in [0.2, 0.25) is 12.5 Å². The monoisotopic (exact) mass is 399 g/mol. The first-order valence-corrected chi connectivity index (χ1v) is 9.29. The Hall–Kier alpha value is -2.84. The van der Waals surface area contributed by atoms with Gasteiger partial charge in [0.15, 0.2) is 17.3 Å². The van der Waals surface area contributed by atoms with Crippen LogP contribution in [-0.4, -0.2) is 52.6 Å². The smallest absolute Gasteiger partial charge is 0.231 e. The Morgan fingerprint density at radius 2 is 2.04 bits per heavy atom. The molecule has 0 saturated heterocycles. The summed E-state index contributed by atoms with van der Waals surface area (Å²) in [5, 5.41) is 13.2. The summed E-state index contributed by atoms with van der Waals surface area (Å²) in [7, 11) is 3.70. The van der Waals surface area contributed by atoms with E-state index in [9.17, 15) is 0 Å². The Labute approximate surface area is 166 Å². The van der Waals surface area contributed by atoms with Crippen LogP contribution in [0.5, 0.6) is 17.2 Å². The molecule has 0 amide bonds. The summed E-state index contributed by atoms with van der Waals surface area (Å²) in [4.78, 5) is 2.21. The fraction of sp³-hybridized carbons (Fsp3) is 0.316. The molecule has 0 radical (unpaired) electrons. The average molecular weight is 400 g/mol. The maximum Gasteiger partial charge on any atom is 0.231 e. The molecule has 0 spiro atoms. The quantitative estimate of drug-likeness (QED) is 0.670. The first kappa shape index (κ1) is 17.3. The zero-order valence-electron chi connectivity index (χ0n) is 15.4. The Morgan fingerprint density at radius 1 is 1.21 bits per heavy atom. The number of aromatic nitrogens is 4. The number of ether oxygens (including phenoxy) is 3. The van der Waals surface area contributed by atoms with Crippen LogP contribution in [0, 0.1) is 0 Å². The van der Waals surface area contributed by atoms with E-state index in [0.29, 0.717) is 22.3 Å². The molecule has 0 fully saturated rings. The van der Waals surface area contributed by atoms with Gasteiger partial charge in [0.1, 0.15) is 6.04 Å². The van der Waals surface area contributed by atoms with Crippen LogP contribution < -0.4 is 14.2 Å². The number of tetrazole rings is 1. The second-order valence-corrected chi connectivity index (χ2v) is 7.21. The van der Waals surface area contributed by atoms with Crippen molar-refractivity contribution in [3.8, 4) is 22.9 Å². The molecule has 2 aliphatic rings. The molecule has 5 rings (SSSR count). The van der Waals surface area contributed by atoms with Gasteiger partial charge in [-0.15, -0.1) is 5.10 Å². The van der Waals surface area contributed by atoms with Crippen LogP contribution in [0.2, 0.25) is 5.02 Å². The molecular formula is C19H18ClN5O3. The molecule has 0 bridgehead atoms. The number of fused-ring (bicyclic) bond motifs is 2. The number of nitrogens with zero attached hydrogens (tertiary/aromatic N) is 5. The topological polar surface area (TPSA) is 74.5 Å². The zero-order chi connectivity index (χ0) is 19.3. The van der Waals surface area contributed by atoms with Gasteiger partial charge in [0.25, 0.3) is 0 Å². The van der Waals surface area contributed by atoms with Crippen molar-refractivity contribution in [2.24, 2.45) is 0 Å². The highest BCUT2D eigenvalue weighted by molar-refractivity contribution is 6.30. The van der Waals surface area contributed by atoms with Crippen molar-refractivity contribution in [1.82, 2.24) is 25.1 Å². The number of rotatable bonds is 3. The minimum Gasteiger partial charge on any atom is -0.492 e. The summed E-state index contributed by atoms with van der Waals surface area (Å²) >= 11 is 6.03. The summed E-state index contributed by atoms with van der Waals surface area (Å²) in [5.41, 5.74) is 2.99. The second kappa shape index (κ2) is 6.65. The van der Waals surface area contributed by atoms with Gasteiger partial charge in [0.05, 0.1) is 12.8 Å². The molecule has 144 valence electrons. The normalized spacial score (nSPS) is 18.2. The number of likely N-dealkylation sites (N-methyl/N-ethyl adjacent to an activating group) is 1. The highest BCUT2D eigenvalue weighted by atomic mass is 35.5. The third-order valence-corrected chi connectivity index (χ3v) is 5.46. The summed E-state index contributed by atoms with van der Waals surface area (Å²) in [6.07, 6.45) is 0.873. The van der Waals surface area contributed by atoms with E-state index in [0.717, 1.165) is 35.5 Å². The number of hydrogen-bond donors (Lipinski definition) is 0. The van der Waals surface area contributed by atoms with E-state index in [1.54, 1.807) is 11.8 Å². The molecule has 1 atom stereocenters. The van der Waals surface area contributed by atoms with E-state index in [1.165, 1.54) is 0 Å². The van der Waals surface area contributed by atoms with Gasteiger partial charge in [-0.3, -0.25) is 4.90 Å². The van der Waals surface area contributed by atoms with Crippen molar-refractivity contribution < 1.29 is 14.2 Å². The fourth-order valence-electron chi connectivity index (χ4n) is 3.89. The van der Waals surface area contributed by atoms with Gasteiger partial charge in [-0.05, 0) is 59.8 Å². The third kappa shape index (κ3) is 2.60. The van der Waals surface area contributed by atoms with Crippen molar-refractivity contribution in [2.45, 2.75) is 12.5 Å². The van der Waals surface area contributed by atoms with E-state index in [2.05, 4.69) is 27.5 Å². The molecular weight excluding hydrogens is 382 g/mol. The molecule has 0 saturated carbocycles. The minimum atomic E-state index is -0.195. The van der Waals surface area contributed by atoms with Gasteiger partial charge in [0, 0.05) is 17.1 Å². The Morgan fingerprint density at radius 3 is 2.82 bits per heavy atom. The lowest BCUT2D eigenvalue weighted by Gasteiger charge is -2.34. The van der Waals surface area contributed by atoms with E-state index in [4.69, 9.17) is 25.8 Å². The maximum absolute atomic E-state index is 6.03. The van der Waals surface area contributed by atoms with E-state index >= 15 is 0 Å². The highest BCUT2D eigenvalue weighted by Gasteiger charge is 2.37. The fourth-order valence-corrected chi connectivity index (χ4v) is 4.02. The van der Waals surface area contributed by atoms with Crippen LogP contribution in [0.1, 0.15) is 23.0 Å². The van der Waals surface area contributed by atoms with Crippen molar-refractivity contribution in [3.05, 3.63) is 52.3 Å². The second-order valence-electron chi connectivity index (χ2n) is 6.77. The van der Waals surface area contributed by atoms with Crippen molar-refractivity contribution in [3.63, 3.8) is 0 Å². The van der Waals surface area contributed by atoms with Crippen LogP contribution in [0.15, 0.2) is 30.3 Å². The lowest BCUT2D eigenvalue weighted by Crippen LogP contribution is -2.35. The highest BCUT2D eigenvalue weighted by Crippen LogP contribution is 2.50. The molecule has 9 heteroatoms. The standard InChI is InChI=1S/C19H18ClN5O3/c1-24-8-7-11-9-14-17(28-10-27-14)18(26-2)15(11)16(24)19-21-22-23-25(19)13-5-3-12(20)4-6-13/h3-6,9,16H,7-8,10H2,1-2H3/t16-/m1/s1.